The maximum Gasteiger partial charge on any atom is 0.224 e. The molecule has 0 saturated heterocycles. The summed E-state index contributed by atoms with van der Waals surface area (Å²) in [5.74, 6) is 0.292. The molecule has 0 aliphatic carbocycles. The summed E-state index contributed by atoms with van der Waals surface area (Å²) >= 11 is 5.76. The summed E-state index contributed by atoms with van der Waals surface area (Å²) in [7, 11) is 0. The lowest BCUT2D eigenvalue weighted by atomic mass is 10.1. The van der Waals surface area contributed by atoms with Gasteiger partial charge in [-0.1, -0.05) is 23.7 Å². The average Bonchev–Trinajstić information content (AvgIpc) is 2.60. The Morgan fingerprint density at radius 1 is 1.00 bits per heavy atom. The van der Waals surface area contributed by atoms with Crippen LogP contribution < -0.4 is 10.6 Å². The molecule has 0 radical (unpaired) electrons. The van der Waals surface area contributed by atoms with Gasteiger partial charge in [-0.3, -0.25) is 0 Å². The Morgan fingerprint density at radius 2 is 1.80 bits per heavy atom. The van der Waals surface area contributed by atoms with E-state index in [1.165, 1.54) is 24.3 Å². The largest absolute Gasteiger partial charge is 0.354 e. The van der Waals surface area contributed by atoms with Gasteiger partial charge in [0.1, 0.15) is 17.5 Å². The van der Waals surface area contributed by atoms with Gasteiger partial charge in [-0.25, -0.2) is 13.8 Å². The lowest BCUT2D eigenvalue weighted by Gasteiger charge is -2.09. The van der Waals surface area contributed by atoms with E-state index in [-0.39, 0.29) is 10.8 Å². The maximum absolute atomic E-state index is 13.2. The van der Waals surface area contributed by atoms with E-state index in [2.05, 4.69) is 20.6 Å². The van der Waals surface area contributed by atoms with Crippen molar-refractivity contribution in [3.8, 4) is 0 Å². The third-order valence-electron chi connectivity index (χ3n) is 3.46. The van der Waals surface area contributed by atoms with Crippen LogP contribution in [0.2, 0.25) is 5.02 Å². The van der Waals surface area contributed by atoms with Gasteiger partial charge >= 0.3 is 0 Å². The zero-order valence-electron chi connectivity index (χ0n) is 13.1. The van der Waals surface area contributed by atoms with Crippen molar-refractivity contribution in [3.05, 3.63) is 76.9 Å². The standard InChI is InChI=1S/C18H15ClF2N4/c19-15-11-14(5-6-16(15)21)24-17-8-10-23-18(25-17)22-9-7-12-1-3-13(20)4-2-12/h1-6,8,10-11H,7,9H2,(H2,22,23,24,25). The predicted octanol–water partition coefficient (Wildman–Crippen LogP) is 4.81. The first-order valence-corrected chi connectivity index (χ1v) is 8.01. The van der Waals surface area contributed by atoms with Crippen LogP contribution in [0.25, 0.3) is 0 Å². The highest BCUT2D eigenvalue weighted by atomic mass is 35.5. The van der Waals surface area contributed by atoms with E-state index in [1.54, 1.807) is 30.5 Å². The first kappa shape index (κ1) is 17.1. The number of hydrogen-bond donors (Lipinski definition) is 2. The second-order valence-electron chi connectivity index (χ2n) is 5.32. The fraction of sp³-hybridized carbons (Fsp3) is 0.111. The molecule has 2 N–H and O–H groups in total. The van der Waals surface area contributed by atoms with E-state index in [4.69, 9.17) is 11.6 Å². The van der Waals surface area contributed by atoms with Gasteiger partial charge in [0.25, 0.3) is 0 Å². The second kappa shape index (κ2) is 7.90. The molecule has 128 valence electrons. The van der Waals surface area contributed by atoms with E-state index >= 15 is 0 Å². The number of benzene rings is 2. The van der Waals surface area contributed by atoms with Crippen LogP contribution in [-0.2, 0) is 6.42 Å². The van der Waals surface area contributed by atoms with Crippen molar-refractivity contribution in [3.63, 3.8) is 0 Å². The third-order valence-corrected chi connectivity index (χ3v) is 3.75. The zero-order chi connectivity index (χ0) is 17.6. The average molecular weight is 361 g/mol. The highest BCUT2D eigenvalue weighted by Crippen LogP contribution is 2.22. The molecule has 4 nitrogen and oxygen atoms in total. The Labute approximate surface area is 148 Å². The van der Waals surface area contributed by atoms with Gasteiger partial charge in [0.05, 0.1) is 5.02 Å². The van der Waals surface area contributed by atoms with Gasteiger partial charge in [-0.05, 0) is 48.4 Å². The van der Waals surface area contributed by atoms with Crippen molar-refractivity contribution in [1.82, 2.24) is 9.97 Å². The Bertz CT molecular complexity index is 856. The zero-order valence-corrected chi connectivity index (χ0v) is 13.9. The molecule has 0 fully saturated rings. The maximum atomic E-state index is 13.2. The fourth-order valence-electron chi connectivity index (χ4n) is 2.20. The SMILES string of the molecule is Fc1ccc(CCNc2nccc(Nc3ccc(F)c(Cl)c3)n2)cc1. The van der Waals surface area contributed by atoms with Crippen LogP contribution in [0.15, 0.2) is 54.7 Å². The molecule has 1 heterocycles. The van der Waals surface area contributed by atoms with Gasteiger partial charge in [-0.15, -0.1) is 0 Å². The number of hydrogen-bond acceptors (Lipinski definition) is 4. The number of nitrogens with zero attached hydrogens (tertiary/aromatic N) is 2. The Hall–Kier alpha value is -2.73. The molecule has 0 aliphatic rings. The molecule has 1 aromatic heterocycles. The van der Waals surface area contributed by atoms with Gasteiger partial charge in [0, 0.05) is 18.4 Å². The fourth-order valence-corrected chi connectivity index (χ4v) is 2.39. The normalized spacial score (nSPS) is 10.5. The molecule has 0 unspecified atom stereocenters. The minimum absolute atomic E-state index is 0.0386. The predicted molar refractivity (Wildman–Crippen MR) is 95.3 cm³/mol. The lowest BCUT2D eigenvalue weighted by Crippen LogP contribution is -2.08. The summed E-state index contributed by atoms with van der Waals surface area (Å²) in [6.45, 7) is 0.609. The topological polar surface area (TPSA) is 49.8 Å². The quantitative estimate of drug-likeness (QED) is 0.662. The van der Waals surface area contributed by atoms with E-state index in [1.807, 2.05) is 0 Å². The van der Waals surface area contributed by atoms with Gasteiger partial charge in [-0.2, -0.15) is 4.98 Å². The number of halogens is 3. The molecule has 0 amide bonds. The number of nitrogens with one attached hydrogen (secondary N) is 2. The van der Waals surface area contributed by atoms with E-state index in [0.29, 0.717) is 24.0 Å². The molecule has 3 aromatic rings. The molecular weight excluding hydrogens is 346 g/mol. The molecule has 7 heteroatoms. The van der Waals surface area contributed by atoms with Gasteiger partial charge in [0.2, 0.25) is 5.95 Å². The Kier molecular flexibility index (Phi) is 5.40. The minimum Gasteiger partial charge on any atom is -0.354 e. The van der Waals surface area contributed by atoms with Crippen molar-refractivity contribution in [2.24, 2.45) is 0 Å². The molecule has 3 rings (SSSR count). The third kappa shape index (κ3) is 4.87. The molecule has 25 heavy (non-hydrogen) atoms. The van der Waals surface area contributed by atoms with Crippen LogP contribution in [0, 0.1) is 11.6 Å². The molecule has 0 bridgehead atoms. The molecule has 0 saturated carbocycles. The van der Waals surface area contributed by atoms with Gasteiger partial charge in [0.15, 0.2) is 0 Å². The van der Waals surface area contributed by atoms with Crippen LogP contribution in [0.4, 0.5) is 26.2 Å². The molecule has 2 aromatic carbocycles. The number of aromatic nitrogens is 2. The van der Waals surface area contributed by atoms with Crippen LogP contribution in [0.3, 0.4) is 0 Å². The second-order valence-corrected chi connectivity index (χ2v) is 5.73. The summed E-state index contributed by atoms with van der Waals surface area (Å²) in [6.07, 6.45) is 2.33. The first-order chi connectivity index (χ1) is 12.1. The smallest absolute Gasteiger partial charge is 0.224 e. The lowest BCUT2D eigenvalue weighted by molar-refractivity contribution is 0.627. The number of rotatable bonds is 6. The van der Waals surface area contributed by atoms with Gasteiger partial charge < -0.3 is 10.6 Å². The first-order valence-electron chi connectivity index (χ1n) is 7.63. The van der Waals surface area contributed by atoms with E-state index in [0.717, 1.165) is 12.0 Å². The molecule has 0 aliphatic heterocycles. The van der Waals surface area contributed by atoms with Crippen LogP contribution in [0.1, 0.15) is 5.56 Å². The summed E-state index contributed by atoms with van der Waals surface area (Å²) in [5, 5.41) is 6.19. The summed E-state index contributed by atoms with van der Waals surface area (Å²) in [6, 6.07) is 12.4. The van der Waals surface area contributed by atoms with E-state index in [9.17, 15) is 8.78 Å². The summed E-state index contributed by atoms with van der Waals surface area (Å²) in [4.78, 5) is 8.48. The summed E-state index contributed by atoms with van der Waals surface area (Å²) in [5.41, 5.74) is 1.64. The highest BCUT2D eigenvalue weighted by Gasteiger charge is 2.03. The minimum atomic E-state index is -0.474. The molecule has 0 atom stereocenters. The van der Waals surface area contributed by atoms with Crippen LogP contribution in [-0.4, -0.2) is 16.5 Å². The van der Waals surface area contributed by atoms with Crippen LogP contribution in [0.5, 0.6) is 0 Å². The number of anilines is 3. The molecule has 0 spiro atoms. The van der Waals surface area contributed by atoms with Crippen LogP contribution >= 0.6 is 11.6 Å². The Morgan fingerprint density at radius 3 is 2.56 bits per heavy atom. The van der Waals surface area contributed by atoms with Crippen molar-refractivity contribution in [2.75, 3.05) is 17.2 Å². The summed E-state index contributed by atoms with van der Waals surface area (Å²) < 4.78 is 26.1. The molecular formula is C18H15ClF2N4. The van der Waals surface area contributed by atoms with E-state index < -0.39 is 5.82 Å². The van der Waals surface area contributed by atoms with Crippen molar-refractivity contribution >= 4 is 29.1 Å². The monoisotopic (exact) mass is 360 g/mol. The van der Waals surface area contributed by atoms with Crippen molar-refractivity contribution in [2.45, 2.75) is 6.42 Å². The highest BCUT2D eigenvalue weighted by molar-refractivity contribution is 6.31. The Balaban J connectivity index is 1.59. The van der Waals surface area contributed by atoms with Crippen molar-refractivity contribution in [1.29, 1.82) is 0 Å². The van der Waals surface area contributed by atoms with Crippen molar-refractivity contribution < 1.29 is 8.78 Å².